The summed E-state index contributed by atoms with van der Waals surface area (Å²) in [7, 11) is -3.84. The van der Waals surface area contributed by atoms with Gasteiger partial charge in [-0.25, -0.2) is 13.6 Å². The first-order chi connectivity index (χ1) is 12.8. The Morgan fingerprint density at radius 3 is 2.68 bits per heavy atom. The van der Waals surface area contributed by atoms with E-state index >= 15 is 0 Å². The molecule has 2 aromatic rings. The van der Waals surface area contributed by atoms with E-state index in [0.717, 1.165) is 24.0 Å². The predicted molar refractivity (Wildman–Crippen MR) is 110 cm³/mol. The Hall–Kier alpha value is -1.77. The van der Waals surface area contributed by atoms with Crippen molar-refractivity contribution in [2.75, 3.05) is 13.1 Å². The van der Waals surface area contributed by atoms with Crippen molar-refractivity contribution in [2.45, 2.75) is 30.8 Å². The molecular weight excluding hydrogens is 400 g/mol. The number of fused-ring (bicyclic) bond motifs is 1. The number of aryl methyl sites for hydroxylation is 2. The minimum absolute atomic E-state index is 0. The minimum Gasteiger partial charge on any atom is -0.387 e. The van der Waals surface area contributed by atoms with Crippen LogP contribution in [0.5, 0.6) is 0 Å². The number of ketones is 1. The van der Waals surface area contributed by atoms with Crippen LogP contribution in [-0.2, 0) is 16.4 Å². The van der Waals surface area contributed by atoms with E-state index in [1.165, 1.54) is 6.07 Å². The van der Waals surface area contributed by atoms with E-state index in [4.69, 9.17) is 5.14 Å². The summed E-state index contributed by atoms with van der Waals surface area (Å²) < 4.78 is 23.3. The number of sulfonamides is 1. The van der Waals surface area contributed by atoms with Gasteiger partial charge in [0.15, 0.2) is 5.78 Å². The molecule has 1 aliphatic carbocycles. The predicted octanol–water partition coefficient (Wildman–Crippen LogP) is 2.13. The number of carbonyl (C=O) groups is 1. The molecule has 152 valence electrons. The summed E-state index contributed by atoms with van der Waals surface area (Å²) in [5.41, 5.74) is 2.88. The van der Waals surface area contributed by atoms with Gasteiger partial charge in [0.05, 0.1) is 11.0 Å². The number of hydrogen-bond acceptors (Lipinski definition) is 5. The van der Waals surface area contributed by atoms with Crippen LogP contribution in [0.2, 0.25) is 0 Å². The van der Waals surface area contributed by atoms with Crippen LogP contribution in [0.4, 0.5) is 0 Å². The highest BCUT2D eigenvalue weighted by Gasteiger charge is 2.26. The van der Waals surface area contributed by atoms with Gasteiger partial charge in [-0.1, -0.05) is 36.4 Å². The number of Topliss-reactive ketones (excluding diaryl/α,β-unsaturated/α-hetero) is 1. The van der Waals surface area contributed by atoms with Crippen LogP contribution in [-0.4, -0.2) is 32.4 Å². The van der Waals surface area contributed by atoms with Gasteiger partial charge in [-0.15, -0.1) is 12.4 Å². The summed E-state index contributed by atoms with van der Waals surface area (Å²) in [5.74, 6) is 0.00999. The second kappa shape index (κ2) is 9.15. The standard InChI is InChI=1S/C20H24N2O4S.ClH/c1-13-6-7-15(10-19(13)27(21,25)26)18(23)12-22-11-16-9-8-14-4-2-3-5-17(14)20(16)24;/h2-7,10,16,18,22-23H,8-9,11-12H2,1H3,(H2,21,25,26);1H/t16-,18+;/m0./s1. The summed E-state index contributed by atoms with van der Waals surface area (Å²) in [6.07, 6.45) is 0.753. The zero-order valence-electron chi connectivity index (χ0n) is 15.6. The maximum atomic E-state index is 12.6. The van der Waals surface area contributed by atoms with Crippen LogP contribution in [0.3, 0.4) is 0 Å². The highest BCUT2D eigenvalue weighted by Crippen LogP contribution is 2.25. The number of benzene rings is 2. The van der Waals surface area contributed by atoms with Crippen LogP contribution < -0.4 is 10.5 Å². The Kier molecular flexibility index (Phi) is 7.36. The highest BCUT2D eigenvalue weighted by molar-refractivity contribution is 7.89. The highest BCUT2D eigenvalue weighted by atomic mass is 35.5. The quantitative estimate of drug-likeness (QED) is 0.658. The number of aliphatic hydroxyl groups excluding tert-OH is 1. The fourth-order valence-corrected chi connectivity index (χ4v) is 4.31. The molecule has 0 aromatic heterocycles. The fourth-order valence-electron chi connectivity index (χ4n) is 3.50. The Morgan fingerprint density at radius 1 is 1.25 bits per heavy atom. The zero-order chi connectivity index (χ0) is 19.6. The van der Waals surface area contributed by atoms with Gasteiger partial charge in [-0.3, -0.25) is 4.79 Å². The third-order valence-corrected chi connectivity index (χ3v) is 6.10. The number of carbonyl (C=O) groups excluding carboxylic acids is 1. The molecule has 28 heavy (non-hydrogen) atoms. The molecule has 6 nitrogen and oxygen atoms in total. The molecule has 0 amide bonds. The first-order valence-corrected chi connectivity index (χ1v) is 10.5. The summed E-state index contributed by atoms with van der Waals surface area (Å²) in [6, 6.07) is 12.4. The van der Waals surface area contributed by atoms with E-state index in [-0.39, 0.29) is 35.5 Å². The van der Waals surface area contributed by atoms with Gasteiger partial charge < -0.3 is 10.4 Å². The van der Waals surface area contributed by atoms with E-state index in [9.17, 15) is 18.3 Å². The van der Waals surface area contributed by atoms with Crippen molar-refractivity contribution >= 4 is 28.2 Å². The Bertz CT molecular complexity index is 962. The Balaban J connectivity index is 0.00000280. The molecule has 2 aromatic carbocycles. The van der Waals surface area contributed by atoms with Gasteiger partial charge in [0, 0.05) is 24.6 Å². The zero-order valence-corrected chi connectivity index (χ0v) is 17.2. The molecule has 0 spiro atoms. The molecule has 0 fully saturated rings. The number of aliphatic hydroxyl groups is 1. The monoisotopic (exact) mass is 424 g/mol. The molecular formula is C20H25ClN2O4S. The average Bonchev–Trinajstić information content (AvgIpc) is 2.63. The van der Waals surface area contributed by atoms with Crippen molar-refractivity contribution in [3.63, 3.8) is 0 Å². The van der Waals surface area contributed by atoms with Crippen LogP contribution in [0.1, 0.15) is 39.6 Å². The SMILES string of the molecule is Cc1ccc([C@H](O)CNC[C@@H]2CCc3ccccc3C2=O)cc1S(N)(=O)=O.Cl. The molecule has 0 radical (unpaired) electrons. The van der Waals surface area contributed by atoms with Gasteiger partial charge in [0.25, 0.3) is 0 Å². The molecule has 4 N–H and O–H groups in total. The van der Waals surface area contributed by atoms with Gasteiger partial charge in [-0.2, -0.15) is 0 Å². The summed E-state index contributed by atoms with van der Waals surface area (Å²) in [4.78, 5) is 12.6. The number of rotatable bonds is 6. The molecule has 2 atom stereocenters. The number of nitrogens with two attached hydrogens (primary N) is 1. The van der Waals surface area contributed by atoms with Crippen molar-refractivity contribution in [3.8, 4) is 0 Å². The maximum absolute atomic E-state index is 12.6. The molecule has 1 aliphatic rings. The topological polar surface area (TPSA) is 109 Å². The van der Waals surface area contributed by atoms with E-state index in [0.29, 0.717) is 17.7 Å². The number of nitrogens with one attached hydrogen (secondary N) is 1. The molecule has 0 heterocycles. The molecule has 3 rings (SSSR count). The number of halogens is 1. The van der Waals surface area contributed by atoms with Crippen molar-refractivity contribution in [2.24, 2.45) is 11.1 Å². The lowest BCUT2D eigenvalue weighted by atomic mass is 9.83. The van der Waals surface area contributed by atoms with Crippen LogP contribution in [0.15, 0.2) is 47.4 Å². The van der Waals surface area contributed by atoms with Gasteiger partial charge in [-0.05, 0) is 42.5 Å². The van der Waals surface area contributed by atoms with Crippen LogP contribution >= 0.6 is 12.4 Å². The van der Waals surface area contributed by atoms with Crippen molar-refractivity contribution in [1.82, 2.24) is 5.32 Å². The van der Waals surface area contributed by atoms with Crippen molar-refractivity contribution in [1.29, 1.82) is 0 Å². The first kappa shape index (κ1) is 22.5. The molecule has 0 saturated heterocycles. The minimum atomic E-state index is -3.84. The normalized spacial score (nSPS) is 17.5. The van der Waals surface area contributed by atoms with E-state index in [2.05, 4.69) is 5.32 Å². The Labute approximate surface area is 171 Å². The summed E-state index contributed by atoms with van der Waals surface area (Å²) in [5, 5.41) is 18.7. The number of hydrogen-bond donors (Lipinski definition) is 3. The lowest BCUT2D eigenvalue weighted by molar-refractivity contribution is 0.0895. The fraction of sp³-hybridized carbons (Fsp3) is 0.350. The molecule has 0 bridgehead atoms. The van der Waals surface area contributed by atoms with E-state index in [1.807, 2.05) is 24.3 Å². The smallest absolute Gasteiger partial charge is 0.238 e. The molecule has 0 unspecified atom stereocenters. The lowest BCUT2D eigenvalue weighted by Gasteiger charge is -2.24. The summed E-state index contributed by atoms with van der Waals surface area (Å²) in [6.45, 7) is 2.34. The average molecular weight is 425 g/mol. The second-order valence-corrected chi connectivity index (χ2v) is 8.53. The third-order valence-electron chi connectivity index (χ3n) is 5.05. The molecule has 0 aliphatic heterocycles. The van der Waals surface area contributed by atoms with Gasteiger partial charge in [0.2, 0.25) is 10.0 Å². The molecule has 8 heteroatoms. The maximum Gasteiger partial charge on any atom is 0.238 e. The van der Waals surface area contributed by atoms with Crippen LogP contribution in [0, 0.1) is 12.8 Å². The lowest BCUT2D eigenvalue weighted by Crippen LogP contribution is -2.34. The van der Waals surface area contributed by atoms with Gasteiger partial charge in [0.1, 0.15) is 0 Å². The second-order valence-electron chi connectivity index (χ2n) is 7.00. The number of primary sulfonamides is 1. The van der Waals surface area contributed by atoms with Crippen molar-refractivity contribution in [3.05, 3.63) is 64.7 Å². The first-order valence-electron chi connectivity index (χ1n) is 8.91. The summed E-state index contributed by atoms with van der Waals surface area (Å²) >= 11 is 0. The molecule has 0 saturated carbocycles. The Morgan fingerprint density at radius 2 is 1.96 bits per heavy atom. The van der Waals surface area contributed by atoms with Crippen LogP contribution in [0.25, 0.3) is 0 Å². The van der Waals surface area contributed by atoms with E-state index in [1.54, 1.807) is 19.1 Å². The largest absolute Gasteiger partial charge is 0.387 e. The van der Waals surface area contributed by atoms with E-state index < -0.39 is 16.1 Å². The third kappa shape index (κ3) is 4.98. The van der Waals surface area contributed by atoms with Gasteiger partial charge >= 0.3 is 0 Å². The van der Waals surface area contributed by atoms with Crippen molar-refractivity contribution < 1.29 is 18.3 Å².